The van der Waals surface area contributed by atoms with Crippen LogP contribution in [0.2, 0.25) is 0 Å². The lowest BCUT2D eigenvalue weighted by Gasteiger charge is -2.41. The van der Waals surface area contributed by atoms with Crippen molar-refractivity contribution in [3.8, 4) is 0 Å². The fourth-order valence-corrected chi connectivity index (χ4v) is 3.70. The number of fused-ring (bicyclic) bond motifs is 1. The summed E-state index contributed by atoms with van der Waals surface area (Å²) in [5, 5.41) is 0. The van der Waals surface area contributed by atoms with E-state index in [-0.39, 0.29) is 11.6 Å². The summed E-state index contributed by atoms with van der Waals surface area (Å²) < 4.78 is 3.07. The van der Waals surface area contributed by atoms with Crippen molar-refractivity contribution in [3.05, 3.63) is 38.5 Å². The van der Waals surface area contributed by atoms with E-state index in [4.69, 9.17) is 0 Å². The van der Waals surface area contributed by atoms with E-state index in [0.717, 1.165) is 37.0 Å². The number of rotatable bonds is 1. The van der Waals surface area contributed by atoms with Crippen molar-refractivity contribution in [2.24, 2.45) is 7.05 Å². The predicted octanol–water partition coefficient (Wildman–Crippen LogP) is 1.84. The number of nitrogens with zero attached hydrogens (tertiary/aromatic N) is 4. The highest BCUT2D eigenvalue weighted by Gasteiger charge is 2.29. The number of aromatic nitrogens is 3. The van der Waals surface area contributed by atoms with Gasteiger partial charge in [-0.05, 0) is 52.2 Å². The number of pyridine rings is 1. The first-order valence-corrected chi connectivity index (χ1v) is 8.53. The van der Waals surface area contributed by atoms with E-state index in [0.29, 0.717) is 5.65 Å². The topological polar surface area (TPSA) is 60.1 Å². The van der Waals surface area contributed by atoms with Gasteiger partial charge >= 0.3 is 11.1 Å². The van der Waals surface area contributed by atoms with Crippen molar-refractivity contribution in [1.29, 1.82) is 0 Å². The minimum atomic E-state index is -0.475. The zero-order valence-electron chi connectivity index (χ0n) is 15.2. The summed E-state index contributed by atoms with van der Waals surface area (Å²) in [6, 6.07) is 1.90. The Labute approximate surface area is 141 Å². The van der Waals surface area contributed by atoms with Gasteiger partial charge in [-0.25, -0.2) is 4.98 Å². The first-order chi connectivity index (χ1) is 11.2. The summed E-state index contributed by atoms with van der Waals surface area (Å²) in [4.78, 5) is 31.9. The highest BCUT2D eigenvalue weighted by atomic mass is 16.2. The molecule has 2 aromatic rings. The second-order valence-electron chi connectivity index (χ2n) is 7.73. The molecule has 130 valence electrons. The number of hydrogen-bond acceptors (Lipinski definition) is 4. The molecule has 0 saturated carbocycles. The van der Waals surface area contributed by atoms with Crippen molar-refractivity contribution in [1.82, 2.24) is 19.0 Å². The van der Waals surface area contributed by atoms with E-state index >= 15 is 0 Å². The largest absolute Gasteiger partial charge is 0.318 e. The van der Waals surface area contributed by atoms with E-state index < -0.39 is 11.1 Å². The fourth-order valence-electron chi connectivity index (χ4n) is 3.70. The molecule has 1 fully saturated rings. The lowest BCUT2D eigenvalue weighted by molar-refractivity contribution is 0.0897. The molecule has 1 saturated heterocycles. The van der Waals surface area contributed by atoms with Crippen LogP contribution in [0, 0.1) is 6.92 Å². The van der Waals surface area contributed by atoms with Crippen LogP contribution in [-0.4, -0.2) is 37.6 Å². The van der Waals surface area contributed by atoms with Crippen LogP contribution in [0.25, 0.3) is 11.2 Å². The molecule has 0 aromatic carbocycles. The zero-order chi connectivity index (χ0) is 17.6. The van der Waals surface area contributed by atoms with Crippen LogP contribution in [0.1, 0.15) is 45.2 Å². The molecule has 0 unspecified atom stereocenters. The summed E-state index contributed by atoms with van der Waals surface area (Å²) in [6.45, 7) is 10.4. The van der Waals surface area contributed by atoms with Crippen LogP contribution in [0.15, 0.2) is 21.9 Å². The molecule has 0 aliphatic carbocycles. The monoisotopic (exact) mass is 330 g/mol. The van der Waals surface area contributed by atoms with Gasteiger partial charge in [-0.1, -0.05) is 0 Å². The highest BCUT2D eigenvalue weighted by Crippen LogP contribution is 2.28. The molecule has 0 radical (unpaired) electrons. The van der Waals surface area contributed by atoms with Crippen LogP contribution >= 0.6 is 0 Å². The van der Waals surface area contributed by atoms with Crippen molar-refractivity contribution in [3.63, 3.8) is 0 Å². The van der Waals surface area contributed by atoms with Crippen LogP contribution < -0.4 is 11.1 Å². The van der Waals surface area contributed by atoms with Crippen molar-refractivity contribution in [2.75, 3.05) is 13.1 Å². The Morgan fingerprint density at radius 3 is 2.33 bits per heavy atom. The van der Waals surface area contributed by atoms with Gasteiger partial charge in [0.2, 0.25) is 0 Å². The maximum absolute atomic E-state index is 12.7. The summed E-state index contributed by atoms with van der Waals surface area (Å²) in [6.07, 6.45) is 3.42. The Morgan fingerprint density at radius 1 is 1.12 bits per heavy atom. The number of piperidine rings is 1. The second-order valence-corrected chi connectivity index (χ2v) is 7.73. The van der Waals surface area contributed by atoms with E-state index in [9.17, 15) is 9.59 Å². The van der Waals surface area contributed by atoms with Gasteiger partial charge in [0.1, 0.15) is 0 Å². The van der Waals surface area contributed by atoms with Gasteiger partial charge < -0.3 is 4.57 Å². The fraction of sp³-hybridized carbons (Fsp3) is 0.611. The third-order valence-corrected chi connectivity index (χ3v) is 5.15. The Hall–Kier alpha value is -1.95. The number of hydrogen-bond donors (Lipinski definition) is 0. The van der Waals surface area contributed by atoms with E-state index in [1.54, 1.807) is 17.8 Å². The molecule has 2 aromatic heterocycles. The predicted molar refractivity (Wildman–Crippen MR) is 95.6 cm³/mol. The molecule has 24 heavy (non-hydrogen) atoms. The standard InChI is InChI=1S/C18H26N4O2/c1-12-6-9-19-15-14(12)20(5)16(23)17(24)22(15)13-7-10-21(11-8-13)18(2,3)4/h6,9,13H,7-8,10-11H2,1-5H3. The Bertz CT molecular complexity index is 881. The number of aryl methyl sites for hydroxylation is 2. The highest BCUT2D eigenvalue weighted by molar-refractivity contribution is 5.74. The molecule has 6 nitrogen and oxygen atoms in total. The Kier molecular flexibility index (Phi) is 4.11. The summed E-state index contributed by atoms with van der Waals surface area (Å²) in [5.41, 5.74) is 1.52. The van der Waals surface area contributed by atoms with Gasteiger partial charge in [-0.2, -0.15) is 0 Å². The molecule has 1 aliphatic rings. The van der Waals surface area contributed by atoms with Gasteiger partial charge in [-0.3, -0.25) is 19.1 Å². The maximum atomic E-state index is 12.7. The molecule has 0 atom stereocenters. The molecule has 3 heterocycles. The van der Waals surface area contributed by atoms with Gasteiger partial charge in [0, 0.05) is 37.9 Å². The lowest BCUT2D eigenvalue weighted by Crippen LogP contribution is -2.49. The zero-order valence-corrected chi connectivity index (χ0v) is 15.2. The van der Waals surface area contributed by atoms with Crippen molar-refractivity contribution >= 4 is 11.2 Å². The molecule has 0 bridgehead atoms. The van der Waals surface area contributed by atoms with Crippen molar-refractivity contribution in [2.45, 2.75) is 52.1 Å². The lowest BCUT2D eigenvalue weighted by atomic mass is 9.98. The van der Waals surface area contributed by atoms with Crippen LogP contribution in [-0.2, 0) is 7.05 Å². The summed E-state index contributed by atoms with van der Waals surface area (Å²) in [7, 11) is 1.65. The number of likely N-dealkylation sites (tertiary alicyclic amines) is 1. The first-order valence-electron chi connectivity index (χ1n) is 8.53. The SMILES string of the molecule is Cc1ccnc2c1n(C)c(=O)c(=O)n2C1CCN(C(C)(C)C)CC1. The van der Waals surface area contributed by atoms with Gasteiger partial charge in [0.25, 0.3) is 0 Å². The molecule has 1 aliphatic heterocycles. The normalized spacial score (nSPS) is 17.5. The van der Waals surface area contributed by atoms with Gasteiger partial charge in [-0.15, -0.1) is 0 Å². The molecular formula is C18H26N4O2. The second kappa shape index (κ2) is 5.84. The minimum Gasteiger partial charge on any atom is -0.304 e. The first kappa shape index (κ1) is 16.9. The summed E-state index contributed by atoms with van der Waals surface area (Å²) in [5.74, 6) is 0. The molecule has 0 N–H and O–H groups in total. The average molecular weight is 330 g/mol. The molecule has 6 heteroatoms. The van der Waals surface area contributed by atoms with Gasteiger partial charge in [0.05, 0.1) is 5.52 Å². The average Bonchev–Trinajstić information content (AvgIpc) is 2.52. The Morgan fingerprint density at radius 2 is 1.75 bits per heavy atom. The molecular weight excluding hydrogens is 304 g/mol. The van der Waals surface area contributed by atoms with E-state index in [1.165, 1.54) is 4.57 Å². The third-order valence-electron chi connectivity index (χ3n) is 5.15. The molecule has 3 rings (SSSR count). The summed E-state index contributed by atoms with van der Waals surface area (Å²) >= 11 is 0. The van der Waals surface area contributed by atoms with Crippen LogP contribution in [0.3, 0.4) is 0 Å². The molecule has 0 amide bonds. The quantitative estimate of drug-likeness (QED) is 0.749. The minimum absolute atomic E-state index is 0.0294. The van der Waals surface area contributed by atoms with E-state index in [2.05, 4.69) is 30.7 Å². The maximum Gasteiger partial charge on any atom is 0.318 e. The van der Waals surface area contributed by atoms with Crippen LogP contribution in [0.5, 0.6) is 0 Å². The Balaban J connectivity index is 2.10. The smallest absolute Gasteiger partial charge is 0.304 e. The van der Waals surface area contributed by atoms with Crippen LogP contribution in [0.4, 0.5) is 0 Å². The van der Waals surface area contributed by atoms with Crippen molar-refractivity contribution < 1.29 is 0 Å². The third kappa shape index (κ3) is 2.69. The van der Waals surface area contributed by atoms with Gasteiger partial charge in [0.15, 0.2) is 5.65 Å². The van der Waals surface area contributed by atoms with E-state index in [1.807, 2.05) is 13.0 Å². The molecule has 0 spiro atoms.